The lowest BCUT2D eigenvalue weighted by Crippen LogP contribution is -2.50. The maximum Gasteiger partial charge on any atom is 0.226 e. The van der Waals surface area contributed by atoms with Crippen LogP contribution in [0, 0.1) is 5.92 Å². The predicted octanol–water partition coefficient (Wildman–Crippen LogP) is 2.16. The maximum absolute atomic E-state index is 12.7. The van der Waals surface area contributed by atoms with Gasteiger partial charge in [0, 0.05) is 19.0 Å². The smallest absolute Gasteiger partial charge is 0.226 e. The summed E-state index contributed by atoms with van der Waals surface area (Å²) in [6.07, 6.45) is 4.49. The number of fused-ring (bicyclic) bond motifs is 1. The minimum Gasteiger partial charge on any atom is -0.388 e. The minimum atomic E-state index is -0.708. The van der Waals surface area contributed by atoms with E-state index in [1.165, 1.54) is 11.1 Å². The maximum atomic E-state index is 12.7. The van der Waals surface area contributed by atoms with Gasteiger partial charge in [0.05, 0.1) is 5.60 Å². The Morgan fingerprint density at radius 2 is 2.10 bits per heavy atom. The quantitative estimate of drug-likeness (QED) is 0.852. The van der Waals surface area contributed by atoms with Gasteiger partial charge in [0.1, 0.15) is 0 Å². The number of benzene rings is 1. The lowest BCUT2D eigenvalue weighted by Gasteiger charge is -2.39. The van der Waals surface area contributed by atoms with Crippen LogP contribution < -0.4 is 0 Å². The van der Waals surface area contributed by atoms with E-state index in [4.69, 9.17) is 0 Å². The molecule has 3 heteroatoms. The Morgan fingerprint density at radius 3 is 2.85 bits per heavy atom. The summed E-state index contributed by atoms with van der Waals surface area (Å²) in [5.41, 5.74) is 2.00. The van der Waals surface area contributed by atoms with Gasteiger partial charge in [-0.05, 0) is 50.2 Å². The summed E-state index contributed by atoms with van der Waals surface area (Å²) in [6, 6.07) is 8.43. The summed E-state index contributed by atoms with van der Waals surface area (Å²) in [5, 5.41) is 10.2. The van der Waals surface area contributed by atoms with Gasteiger partial charge in [0.2, 0.25) is 5.91 Å². The third-order valence-electron chi connectivity index (χ3n) is 4.68. The van der Waals surface area contributed by atoms with Crippen LogP contribution in [-0.2, 0) is 17.6 Å². The molecule has 0 radical (unpaired) electrons. The van der Waals surface area contributed by atoms with Gasteiger partial charge in [-0.15, -0.1) is 0 Å². The van der Waals surface area contributed by atoms with Gasteiger partial charge < -0.3 is 10.0 Å². The molecule has 108 valence electrons. The highest BCUT2D eigenvalue weighted by Gasteiger charge is 2.34. The van der Waals surface area contributed by atoms with E-state index >= 15 is 0 Å². The number of nitrogens with zero attached hydrogens (tertiary/aromatic N) is 1. The van der Waals surface area contributed by atoms with Crippen LogP contribution in [0.3, 0.4) is 0 Å². The first kappa shape index (κ1) is 13.6. The molecule has 1 heterocycles. The van der Waals surface area contributed by atoms with E-state index in [1.807, 2.05) is 11.8 Å². The second kappa shape index (κ2) is 5.21. The van der Waals surface area contributed by atoms with E-state index < -0.39 is 5.60 Å². The van der Waals surface area contributed by atoms with E-state index in [2.05, 4.69) is 24.3 Å². The normalized spacial score (nSPS) is 29.9. The van der Waals surface area contributed by atoms with Gasteiger partial charge in [0.25, 0.3) is 0 Å². The summed E-state index contributed by atoms with van der Waals surface area (Å²) in [6.45, 7) is 3.12. The third kappa shape index (κ3) is 2.73. The molecule has 1 fully saturated rings. The predicted molar refractivity (Wildman–Crippen MR) is 78.4 cm³/mol. The molecule has 1 aliphatic carbocycles. The van der Waals surface area contributed by atoms with Crippen molar-refractivity contribution in [3.8, 4) is 0 Å². The summed E-state index contributed by atoms with van der Waals surface area (Å²) in [7, 11) is 0. The number of aliphatic hydroxyl groups is 1. The number of piperidine rings is 1. The SMILES string of the molecule is CC1(O)CCCN(C(=O)C2CCc3ccccc3C2)C1. The Bertz CT molecular complexity index is 509. The zero-order valence-electron chi connectivity index (χ0n) is 12.1. The highest BCUT2D eigenvalue weighted by atomic mass is 16.3. The fourth-order valence-corrected chi connectivity index (χ4v) is 3.57. The van der Waals surface area contributed by atoms with E-state index in [0.29, 0.717) is 6.54 Å². The number of hydrogen-bond donors (Lipinski definition) is 1. The average Bonchev–Trinajstić information content (AvgIpc) is 2.45. The van der Waals surface area contributed by atoms with E-state index in [0.717, 1.165) is 38.6 Å². The largest absolute Gasteiger partial charge is 0.388 e. The molecule has 2 unspecified atom stereocenters. The van der Waals surface area contributed by atoms with Gasteiger partial charge in [-0.3, -0.25) is 4.79 Å². The zero-order chi connectivity index (χ0) is 14.2. The molecule has 0 bridgehead atoms. The Morgan fingerprint density at radius 1 is 1.35 bits per heavy atom. The molecule has 0 saturated carbocycles. The second-order valence-electron chi connectivity index (χ2n) is 6.57. The molecule has 2 atom stereocenters. The topological polar surface area (TPSA) is 40.5 Å². The molecule has 1 aromatic rings. The lowest BCUT2D eigenvalue weighted by molar-refractivity contribution is -0.142. The highest BCUT2D eigenvalue weighted by molar-refractivity contribution is 5.79. The number of hydrogen-bond acceptors (Lipinski definition) is 2. The van der Waals surface area contributed by atoms with Crippen LogP contribution in [-0.4, -0.2) is 34.6 Å². The average molecular weight is 273 g/mol. The first-order valence-corrected chi connectivity index (χ1v) is 7.63. The molecule has 1 amide bonds. The number of carbonyl (C=O) groups is 1. The van der Waals surface area contributed by atoms with Crippen molar-refractivity contribution in [3.63, 3.8) is 0 Å². The molecule has 1 aliphatic heterocycles. The van der Waals surface area contributed by atoms with Crippen LogP contribution in [0.2, 0.25) is 0 Å². The molecule has 0 aromatic heterocycles. The Kier molecular flexibility index (Phi) is 3.55. The van der Waals surface area contributed by atoms with Crippen molar-refractivity contribution in [2.45, 2.75) is 44.6 Å². The Hall–Kier alpha value is -1.35. The third-order valence-corrected chi connectivity index (χ3v) is 4.68. The summed E-state index contributed by atoms with van der Waals surface area (Å²) in [4.78, 5) is 14.5. The Balaban J connectivity index is 1.70. The molecule has 1 N–H and O–H groups in total. The van der Waals surface area contributed by atoms with Crippen LogP contribution in [0.5, 0.6) is 0 Å². The molecule has 1 aromatic carbocycles. The van der Waals surface area contributed by atoms with Crippen molar-refractivity contribution in [1.29, 1.82) is 0 Å². The number of likely N-dealkylation sites (tertiary alicyclic amines) is 1. The number of rotatable bonds is 1. The highest BCUT2D eigenvalue weighted by Crippen LogP contribution is 2.29. The monoisotopic (exact) mass is 273 g/mol. The van der Waals surface area contributed by atoms with Gasteiger partial charge in [0.15, 0.2) is 0 Å². The van der Waals surface area contributed by atoms with Crippen molar-refractivity contribution in [2.24, 2.45) is 5.92 Å². The molecule has 1 saturated heterocycles. The van der Waals surface area contributed by atoms with Crippen molar-refractivity contribution in [1.82, 2.24) is 4.90 Å². The summed E-state index contributed by atoms with van der Waals surface area (Å²) >= 11 is 0. The molecule has 20 heavy (non-hydrogen) atoms. The van der Waals surface area contributed by atoms with Crippen molar-refractivity contribution >= 4 is 5.91 Å². The zero-order valence-corrected chi connectivity index (χ0v) is 12.1. The molecular formula is C17H23NO2. The van der Waals surface area contributed by atoms with Crippen LogP contribution in [0.25, 0.3) is 0 Å². The number of amides is 1. The number of aryl methyl sites for hydroxylation is 1. The fraction of sp³-hybridized carbons (Fsp3) is 0.588. The van der Waals surface area contributed by atoms with Gasteiger partial charge in [-0.1, -0.05) is 24.3 Å². The van der Waals surface area contributed by atoms with Gasteiger partial charge in [-0.2, -0.15) is 0 Å². The summed E-state index contributed by atoms with van der Waals surface area (Å²) in [5.74, 6) is 0.332. The molecule has 0 spiro atoms. The number of β-amino-alcohol motifs (C(OH)–C–C–N with tert-alkyl or cyclic N) is 1. The number of carbonyl (C=O) groups excluding carboxylic acids is 1. The minimum absolute atomic E-state index is 0.0961. The standard InChI is InChI=1S/C17H23NO2/c1-17(20)9-4-10-18(12-17)16(19)15-8-7-13-5-2-3-6-14(13)11-15/h2-3,5-6,15,20H,4,7-12H2,1H3. The summed E-state index contributed by atoms with van der Waals surface area (Å²) < 4.78 is 0. The van der Waals surface area contributed by atoms with Crippen molar-refractivity contribution < 1.29 is 9.90 Å². The Labute approximate surface area is 120 Å². The van der Waals surface area contributed by atoms with Gasteiger partial charge in [-0.25, -0.2) is 0 Å². The molecule has 2 aliphatic rings. The first-order chi connectivity index (χ1) is 9.55. The fourth-order valence-electron chi connectivity index (χ4n) is 3.57. The lowest BCUT2D eigenvalue weighted by atomic mass is 9.82. The van der Waals surface area contributed by atoms with Crippen LogP contribution in [0.15, 0.2) is 24.3 Å². The van der Waals surface area contributed by atoms with Crippen LogP contribution in [0.4, 0.5) is 0 Å². The van der Waals surface area contributed by atoms with E-state index in [9.17, 15) is 9.90 Å². The van der Waals surface area contributed by atoms with Crippen LogP contribution >= 0.6 is 0 Å². The molecular weight excluding hydrogens is 250 g/mol. The second-order valence-corrected chi connectivity index (χ2v) is 6.57. The molecule has 3 nitrogen and oxygen atoms in total. The van der Waals surface area contributed by atoms with E-state index in [-0.39, 0.29) is 11.8 Å². The van der Waals surface area contributed by atoms with Crippen molar-refractivity contribution in [3.05, 3.63) is 35.4 Å². The molecule has 3 rings (SSSR count). The van der Waals surface area contributed by atoms with Crippen molar-refractivity contribution in [2.75, 3.05) is 13.1 Å². The first-order valence-electron chi connectivity index (χ1n) is 7.63. The van der Waals surface area contributed by atoms with Crippen LogP contribution in [0.1, 0.15) is 37.3 Å². The van der Waals surface area contributed by atoms with E-state index in [1.54, 1.807) is 0 Å². The van der Waals surface area contributed by atoms with Gasteiger partial charge >= 0.3 is 0 Å².